The first kappa shape index (κ1) is 14.5. The molecule has 1 heterocycles. The molecule has 106 valence electrons. The van der Waals surface area contributed by atoms with Crippen LogP contribution in [0, 0.1) is 5.82 Å². The van der Waals surface area contributed by atoms with Crippen molar-refractivity contribution in [3.63, 3.8) is 0 Å². The Kier molecular flexibility index (Phi) is 5.80. The van der Waals surface area contributed by atoms with E-state index in [1.807, 2.05) is 12.1 Å². The average molecular weight is 265 g/mol. The molecule has 0 saturated carbocycles. The summed E-state index contributed by atoms with van der Waals surface area (Å²) in [5, 5.41) is 3.53. The van der Waals surface area contributed by atoms with E-state index in [-0.39, 0.29) is 5.82 Å². The van der Waals surface area contributed by atoms with Crippen molar-refractivity contribution in [3.8, 4) is 0 Å². The minimum absolute atomic E-state index is 0.0989. The molecule has 1 fully saturated rings. The Labute approximate surface area is 115 Å². The highest BCUT2D eigenvalue weighted by atomic mass is 19.1. The highest BCUT2D eigenvalue weighted by Crippen LogP contribution is 2.19. The molecule has 0 aromatic heterocycles. The molecule has 2 atom stereocenters. The number of halogens is 1. The number of hydrogen-bond donors (Lipinski definition) is 1. The molecular formula is C16H24FNO. The Morgan fingerprint density at radius 2 is 2.26 bits per heavy atom. The van der Waals surface area contributed by atoms with Gasteiger partial charge in [-0.2, -0.15) is 0 Å². The molecule has 0 radical (unpaired) electrons. The minimum Gasteiger partial charge on any atom is -0.378 e. The lowest BCUT2D eigenvalue weighted by Gasteiger charge is -2.22. The molecular weight excluding hydrogens is 241 g/mol. The minimum atomic E-state index is -0.0989. The topological polar surface area (TPSA) is 21.3 Å². The van der Waals surface area contributed by atoms with Crippen LogP contribution < -0.4 is 5.32 Å². The molecule has 1 aliphatic rings. The Bertz CT molecular complexity index is 377. The monoisotopic (exact) mass is 265 g/mol. The van der Waals surface area contributed by atoms with Crippen LogP contribution in [0.4, 0.5) is 4.39 Å². The van der Waals surface area contributed by atoms with Crippen LogP contribution in [0.25, 0.3) is 0 Å². The van der Waals surface area contributed by atoms with Gasteiger partial charge in [0.1, 0.15) is 5.82 Å². The van der Waals surface area contributed by atoms with Gasteiger partial charge in [-0.15, -0.1) is 0 Å². The summed E-state index contributed by atoms with van der Waals surface area (Å²) in [4.78, 5) is 0. The van der Waals surface area contributed by atoms with Gasteiger partial charge in [0.15, 0.2) is 0 Å². The Balaban J connectivity index is 1.94. The number of ether oxygens (including phenoxy) is 1. The molecule has 2 nitrogen and oxygen atoms in total. The van der Waals surface area contributed by atoms with E-state index in [9.17, 15) is 4.39 Å². The maximum absolute atomic E-state index is 13.7. The number of rotatable bonds is 7. The van der Waals surface area contributed by atoms with Crippen molar-refractivity contribution in [2.75, 3.05) is 13.2 Å². The maximum Gasteiger partial charge on any atom is 0.126 e. The molecule has 0 bridgehead atoms. The van der Waals surface area contributed by atoms with Gasteiger partial charge in [-0.05, 0) is 50.3 Å². The third-order valence-electron chi connectivity index (χ3n) is 3.68. The molecule has 0 spiro atoms. The highest BCUT2D eigenvalue weighted by molar-refractivity contribution is 5.18. The zero-order chi connectivity index (χ0) is 13.5. The van der Waals surface area contributed by atoms with Crippen molar-refractivity contribution < 1.29 is 9.13 Å². The molecule has 1 N–H and O–H groups in total. The fourth-order valence-electron chi connectivity index (χ4n) is 2.66. The van der Waals surface area contributed by atoms with E-state index < -0.39 is 0 Å². The Hall–Kier alpha value is -0.930. The maximum atomic E-state index is 13.7. The van der Waals surface area contributed by atoms with Crippen molar-refractivity contribution in [1.29, 1.82) is 0 Å². The Morgan fingerprint density at radius 3 is 2.95 bits per heavy atom. The van der Waals surface area contributed by atoms with Crippen LogP contribution in [0.5, 0.6) is 0 Å². The third-order valence-corrected chi connectivity index (χ3v) is 3.68. The van der Waals surface area contributed by atoms with E-state index in [1.165, 1.54) is 6.07 Å². The van der Waals surface area contributed by atoms with Crippen LogP contribution in [-0.4, -0.2) is 25.3 Å². The van der Waals surface area contributed by atoms with E-state index in [2.05, 4.69) is 12.2 Å². The van der Waals surface area contributed by atoms with Gasteiger partial charge in [-0.3, -0.25) is 0 Å². The summed E-state index contributed by atoms with van der Waals surface area (Å²) in [6, 6.07) is 7.37. The zero-order valence-corrected chi connectivity index (χ0v) is 11.7. The van der Waals surface area contributed by atoms with Gasteiger partial charge in [0, 0.05) is 12.6 Å². The molecule has 2 unspecified atom stereocenters. The number of benzene rings is 1. The van der Waals surface area contributed by atoms with Crippen molar-refractivity contribution >= 4 is 0 Å². The standard InChI is InChI=1S/C16H24FNO/c1-2-9-18-14(12-15-7-5-10-19-15)11-13-6-3-4-8-16(13)17/h3-4,6,8,14-15,18H,2,5,7,9-12H2,1H3. The summed E-state index contributed by atoms with van der Waals surface area (Å²) < 4.78 is 19.4. The molecule has 19 heavy (non-hydrogen) atoms. The lowest BCUT2D eigenvalue weighted by molar-refractivity contribution is 0.0945. The fraction of sp³-hybridized carbons (Fsp3) is 0.625. The van der Waals surface area contributed by atoms with E-state index in [0.29, 0.717) is 12.1 Å². The normalized spacial score (nSPS) is 20.6. The van der Waals surface area contributed by atoms with Crippen LogP contribution in [0.1, 0.15) is 38.2 Å². The molecule has 1 aromatic rings. The second-order valence-electron chi connectivity index (χ2n) is 5.32. The molecule has 1 aromatic carbocycles. The Morgan fingerprint density at radius 1 is 1.42 bits per heavy atom. The second kappa shape index (κ2) is 7.61. The van der Waals surface area contributed by atoms with Gasteiger partial charge in [-0.1, -0.05) is 25.1 Å². The number of hydrogen-bond acceptors (Lipinski definition) is 2. The quantitative estimate of drug-likeness (QED) is 0.816. The van der Waals surface area contributed by atoms with Crippen LogP contribution in [-0.2, 0) is 11.2 Å². The second-order valence-corrected chi connectivity index (χ2v) is 5.32. The van der Waals surface area contributed by atoms with Gasteiger partial charge in [0.25, 0.3) is 0 Å². The third kappa shape index (κ3) is 4.59. The van der Waals surface area contributed by atoms with E-state index in [0.717, 1.165) is 50.8 Å². The lowest BCUT2D eigenvalue weighted by Crippen LogP contribution is -2.35. The van der Waals surface area contributed by atoms with Crippen molar-refractivity contribution in [3.05, 3.63) is 35.6 Å². The number of nitrogens with one attached hydrogen (secondary N) is 1. The van der Waals surface area contributed by atoms with Crippen molar-refractivity contribution in [2.45, 2.75) is 51.2 Å². The van der Waals surface area contributed by atoms with Crippen molar-refractivity contribution in [1.82, 2.24) is 5.32 Å². The van der Waals surface area contributed by atoms with E-state index in [1.54, 1.807) is 6.07 Å². The molecule has 3 heteroatoms. The predicted molar refractivity (Wildman–Crippen MR) is 75.8 cm³/mol. The summed E-state index contributed by atoms with van der Waals surface area (Å²) in [6.45, 7) is 4.01. The zero-order valence-electron chi connectivity index (χ0n) is 11.7. The fourth-order valence-corrected chi connectivity index (χ4v) is 2.66. The molecule has 1 saturated heterocycles. The summed E-state index contributed by atoms with van der Waals surface area (Å²) in [5.41, 5.74) is 0.800. The van der Waals surface area contributed by atoms with Crippen LogP contribution in [0.15, 0.2) is 24.3 Å². The van der Waals surface area contributed by atoms with Crippen LogP contribution >= 0.6 is 0 Å². The van der Waals surface area contributed by atoms with E-state index in [4.69, 9.17) is 4.74 Å². The first-order valence-corrected chi connectivity index (χ1v) is 7.38. The smallest absolute Gasteiger partial charge is 0.126 e. The summed E-state index contributed by atoms with van der Waals surface area (Å²) >= 11 is 0. The first-order valence-electron chi connectivity index (χ1n) is 7.38. The molecule has 2 rings (SSSR count). The van der Waals surface area contributed by atoms with Crippen LogP contribution in [0.2, 0.25) is 0 Å². The van der Waals surface area contributed by atoms with Gasteiger partial charge in [-0.25, -0.2) is 4.39 Å². The average Bonchev–Trinajstić information content (AvgIpc) is 2.91. The SMILES string of the molecule is CCCNC(Cc1ccccc1F)CC1CCCO1. The largest absolute Gasteiger partial charge is 0.378 e. The molecule has 0 aliphatic carbocycles. The summed E-state index contributed by atoms with van der Waals surface area (Å²) in [5.74, 6) is -0.0989. The van der Waals surface area contributed by atoms with Crippen molar-refractivity contribution in [2.24, 2.45) is 0 Å². The van der Waals surface area contributed by atoms with Gasteiger partial charge >= 0.3 is 0 Å². The molecule has 1 aliphatic heterocycles. The first-order chi connectivity index (χ1) is 9.29. The summed E-state index contributed by atoms with van der Waals surface area (Å²) in [6.07, 6.45) is 5.47. The van der Waals surface area contributed by atoms with Crippen LogP contribution in [0.3, 0.4) is 0 Å². The predicted octanol–water partition coefficient (Wildman–Crippen LogP) is 3.31. The van der Waals surface area contributed by atoms with Gasteiger partial charge < -0.3 is 10.1 Å². The summed E-state index contributed by atoms with van der Waals surface area (Å²) in [7, 11) is 0. The van der Waals surface area contributed by atoms with Gasteiger partial charge in [0.05, 0.1) is 6.10 Å². The van der Waals surface area contributed by atoms with E-state index >= 15 is 0 Å². The van der Waals surface area contributed by atoms with Gasteiger partial charge in [0.2, 0.25) is 0 Å². The molecule has 0 amide bonds. The highest BCUT2D eigenvalue weighted by Gasteiger charge is 2.21. The lowest BCUT2D eigenvalue weighted by atomic mass is 9.99.